The number of ether oxygens (including phenoxy) is 2. The summed E-state index contributed by atoms with van der Waals surface area (Å²) in [4.78, 5) is 11.4. The van der Waals surface area contributed by atoms with E-state index >= 15 is 0 Å². The molecule has 1 fully saturated rings. The van der Waals surface area contributed by atoms with Gasteiger partial charge in [0.1, 0.15) is 5.60 Å². The zero-order valence-electron chi connectivity index (χ0n) is 10.3. The van der Waals surface area contributed by atoms with Crippen molar-refractivity contribution in [1.82, 2.24) is 5.32 Å². The fraction of sp³-hybridized carbons (Fsp3) is 0.909. The lowest BCUT2D eigenvalue weighted by Crippen LogP contribution is -2.43. The standard InChI is InChI=1S/C11H22N2O3/c1-11(2,3)16-10(14)13-6-9(12)8-4-5-15-7-8/h8-9H,4-7,12H2,1-3H3,(H,13,14). The Bertz CT molecular complexity index is 232. The molecular weight excluding hydrogens is 208 g/mol. The van der Waals surface area contributed by atoms with Gasteiger partial charge in [-0.1, -0.05) is 0 Å². The summed E-state index contributed by atoms with van der Waals surface area (Å²) in [7, 11) is 0. The highest BCUT2D eigenvalue weighted by molar-refractivity contribution is 5.67. The lowest BCUT2D eigenvalue weighted by molar-refractivity contribution is 0.0520. The first-order valence-electron chi connectivity index (χ1n) is 5.68. The van der Waals surface area contributed by atoms with Gasteiger partial charge in [0.25, 0.3) is 0 Å². The zero-order valence-corrected chi connectivity index (χ0v) is 10.3. The van der Waals surface area contributed by atoms with Crippen LogP contribution in [0.25, 0.3) is 0 Å². The third-order valence-electron chi connectivity index (χ3n) is 2.45. The van der Waals surface area contributed by atoms with E-state index in [0.29, 0.717) is 19.1 Å². The number of hydrogen-bond acceptors (Lipinski definition) is 4. The van der Waals surface area contributed by atoms with Gasteiger partial charge < -0.3 is 20.5 Å². The van der Waals surface area contributed by atoms with Crippen LogP contribution < -0.4 is 11.1 Å². The molecular formula is C11H22N2O3. The van der Waals surface area contributed by atoms with Crippen LogP contribution in [-0.2, 0) is 9.47 Å². The molecule has 0 radical (unpaired) electrons. The summed E-state index contributed by atoms with van der Waals surface area (Å²) in [6.45, 7) is 7.39. The normalized spacial score (nSPS) is 22.9. The van der Waals surface area contributed by atoms with Gasteiger partial charge in [-0.15, -0.1) is 0 Å². The van der Waals surface area contributed by atoms with E-state index in [4.69, 9.17) is 15.2 Å². The van der Waals surface area contributed by atoms with Crippen LogP contribution in [-0.4, -0.2) is 37.5 Å². The van der Waals surface area contributed by atoms with Crippen molar-refractivity contribution in [3.63, 3.8) is 0 Å². The largest absolute Gasteiger partial charge is 0.444 e. The number of carbonyl (C=O) groups is 1. The van der Waals surface area contributed by atoms with E-state index < -0.39 is 11.7 Å². The van der Waals surface area contributed by atoms with Crippen molar-refractivity contribution in [2.45, 2.75) is 38.8 Å². The molecule has 5 heteroatoms. The van der Waals surface area contributed by atoms with Crippen LogP contribution in [0.3, 0.4) is 0 Å². The number of alkyl carbamates (subject to hydrolysis) is 1. The van der Waals surface area contributed by atoms with Crippen molar-refractivity contribution in [3.05, 3.63) is 0 Å². The Hall–Kier alpha value is -0.810. The Morgan fingerprint density at radius 3 is 2.81 bits per heavy atom. The quantitative estimate of drug-likeness (QED) is 0.754. The summed E-state index contributed by atoms with van der Waals surface area (Å²) in [6.07, 6.45) is 0.554. The van der Waals surface area contributed by atoms with Crippen LogP contribution >= 0.6 is 0 Å². The lowest BCUT2D eigenvalue weighted by Gasteiger charge is -2.22. The number of hydrogen-bond donors (Lipinski definition) is 2. The van der Waals surface area contributed by atoms with Gasteiger partial charge in [-0.2, -0.15) is 0 Å². The van der Waals surface area contributed by atoms with Gasteiger partial charge in [0.15, 0.2) is 0 Å². The Balaban J connectivity index is 2.20. The first kappa shape index (κ1) is 13.3. The maximum Gasteiger partial charge on any atom is 0.407 e. The molecule has 3 N–H and O–H groups in total. The van der Waals surface area contributed by atoms with Crippen molar-refractivity contribution in [1.29, 1.82) is 0 Å². The highest BCUT2D eigenvalue weighted by Crippen LogP contribution is 2.14. The molecule has 1 amide bonds. The van der Waals surface area contributed by atoms with E-state index in [1.807, 2.05) is 20.8 Å². The number of rotatable bonds is 3. The van der Waals surface area contributed by atoms with Crippen molar-refractivity contribution in [2.24, 2.45) is 11.7 Å². The van der Waals surface area contributed by atoms with Gasteiger partial charge in [0.2, 0.25) is 0 Å². The molecule has 0 aromatic carbocycles. The maximum absolute atomic E-state index is 11.4. The molecule has 0 aromatic heterocycles. The monoisotopic (exact) mass is 230 g/mol. The molecule has 1 saturated heterocycles. The molecule has 1 aliphatic rings. The van der Waals surface area contributed by atoms with E-state index in [1.54, 1.807) is 0 Å². The third kappa shape index (κ3) is 4.81. The van der Waals surface area contributed by atoms with E-state index in [9.17, 15) is 4.79 Å². The van der Waals surface area contributed by atoms with E-state index in [-0.39, 0.29) is 6.04 Å². The molecule has 1 heterocycles. The number of carbonyl (C=O) groups excluding carboxylic acids is 1. The fourth-order valence-electron chi connectivity index (χ4n) is 1.57. The van der Waals surface area contributed by atoms with Crippen molar-refractivity contribution in [3.8, 4) is 0 Å². The van der Waals surface area contributed by atoms with Crippen molar-refractivity contribution >= 4 is 6.09 Å². The second-order valence-electron chi connectivity index (χ2n) is 5.17. The molecule has 0 aliphatic carbocycles. The number of amides is 1. The lowest BCUT2D eigenvalue weighted by atomic mass is 10.0. The molecule has 0 spiro atoms. The smallest absolute Gasteiger partial charge is 0.407 e. The molecule has 16 heavy (non-hydrogen) atoms. The zero-order chi connectivity index (χ0) is 12.2. The molecule has 1 rings (SSSR count). The van der Waals surface area contributed by atoms with Gasteiger partial charge in [-0.3, -0.25) is 0 Å². The SMILES string of the molecule is CC(C)(C)OC(=O)NCC(N)C1CCOC1. The Labute approximate surface area is 96.7 Å². The molecule has 0 saturated carbocycles. The molecule has 2 atom stereocenters. The first-order chi connectivity index (χ1) is 7.38. The molecule has 2 unspecified atom stereocenters. The van der Waals surface area contributed by atoms with E-state index in [1.165, 1.54) is 0 Å². The van der Waals surface area contributed by atoms with Crippen molar-refractivity contribution < 1.29 is 14.3 Å². The molecule has 1 aliphatic heterocycles. The summed E-state index contributed by atoms with van der Waals surface area (Å²) >= 11 is 0. The molecule has 0 bridgehead atoms. The fourth-order valence-corrected chi connectivity index (χ4v) is 1.57. The van der Waals surface area contributed by atoms with Gasteiger partial charge in [-0.25, -0.2) is 4.79 Å². The van der Waals surface area contributed by atoms with Crippen molar-refractivity contribution in [2.75, 3.05) is 19.8 Å². The summed E-state index contributed by atoms with van der Waals surface area (Å²) in [6, 6.07) is -0.0602. The summed E-state index contributed by atoms with van der Waals surface area (Å²) < 4.78 is 10.4. The predicted molar refractivity (Wildman–Crippen MR) is 61.1 cm³/mol. The van der Waals surface area contributed by atoms with Crippen LogP contribution in [0.1, 0.15) is 27.2 Å². The predicted octanol–water partition coefficient (Wildman–Crippen LogP) is 0.875. The summed E-state index contributed by atoms with van der Waals surface area (Å²) in [5.74, 6) is 0.343. The maximum atomic E-state index is 11.4. The Kier molecular flexibility index (Phi) is 4.56. The second kappa shape index (κ2) is 5.50. The average molecular weight is 230 g/mol. The van der Waals surface area contributed by atoms with Crippen LogP contribution in [0.15, 0.2) is 0 Å². The average Bonchev–Trinajstić information content (AvgIpc) is 2.64. The third-order valence-corrected chi connectivity index (χ3v) is 2.45. The second-order valence-corrected chi connectivity index (χ2v) is 5.17. The first-order valence-corrected chi connectivity index (χ1v) is 5.68. The molecule has 0 aromatic rings. The van der Waals surface area contributed by atoms with Crippen LogP contribution in [0.2, 0.25) is 0 Å². The Morgan fingerprint density at radius 2 is 2.31 bits per heavy atom. The summed E-state index contributed by atoms with van der Waals surface area (Å²) in [5.41, 5.74) is 5.47. The Morgan fingerprint density at radius 1 is 1.62 bits per heavy atom. The topological polar surface area (TPSA) is 73.6 Å². The molecule has 5 nitrogen and oxygen atoms in total. The van der Waals surface area contributed by atoms with Gasteiger partial charge in [-0.05, 0) is 27.2 Å². The van der Waals surface area contributed by atoms with Gasteiger partial charge >= 0.3 is 6.09 Å². The minimum atomic E-state index is -0.468. The van der Waals surface area contributed by atoms with Crippen LogP contribution in [0, 0.1) is 5.92 Å². The van der Waals surface area contributed by atoms with Crippen LogP contribution in [0.4, 0.5) is 4.79 Å². The highest BCUT2D eigenvalue weighted by Gasteiger charge is 2.24. The minimum absolute atomic E-state index is 0.0602. The number of nitrogens with one attached hydrogen (secondary N) is 1. The van der Waals surface area contributed by atoms with Crippen LogP contribution in [0.5, 0.6) is 0 Å². The highest BCUT2D eigenvalue weighted by atomic mass is 16.6. The summed E-state index contributed by atoms with van der Waals surface area (Å²) in [5, 5.41) is 2.67. The van der Waals surface area contributed by atoms with E-state index in [2.05, 4.69) is 5.32 Å². The van der Waals surface area contributed by atoms with E-state index in [0.717, 1.165) is 13.0 Å². The van der Waals surface area contributed by atoms with Gasteiger partial charge in [0.05, 0.1) is 6.61 Å². The minimum Gasteiger partial charge on any atom is -0.444 e. The molecule has 94 valence electrons. The van der Waals surface area contributed by atoms with Gasteiger partial charge in [0, 0.05) is 25.1 Å². The number of nitrogens with two attached hydrogens (primary N) is 1.